The molecule has 10 nitrogen and oxygen atoms in total. The van der Waals surface area contributed by atoms with Gasteiger partial charge in [-0.05, 0) is 25.1 Å². The van der Waals surface area contributed by atoms with Crippen molar-refractivity contribution in [2.45, 2.75) is 6.92 Å². The molecule has 0 radical (unpaired) electrons. The first-order valence-electron chi connectivity index (χ1n) is 9.86. The number of aromatic amines is 1. The molecule has 10 heteroatoms. The third-order valence-corrected chi connectivity index (χ3v) is 4.86. The number of aromatic nitrogens is 4. The SMILES string of the molecule is COCCOc1cc(OC)cc2c(C)nc(Nc3nc4c(OC)cccc4c(=O)[nH]3)nc12. The normalized spacial score (nSPS) is 11.0. The number of rotatable bonds is 8. The fourth-order valence-electron chi connectivity index (χ4n) is 3.31. The van der Waals surface area contributed by atoms with Crippen molar-refractivity contribution in [3.05, 3.63) is 46.4 Å². The second-order valence-electron chi connectivity index (χ2n) is 6.89. The van der Waals surface area contributed by atoms with Gasteiger partial charge in [-0.2, -0.15) is 0 Å². The molecule has 4 aromatic rings. The molecule has 0 fully saturated rings. The van der Waals surface area contributed by atoms with E-state index in [0.717, 1.165) is 5.39 Å². The van der Waals surface area contributed by atoms with Crippen LogP contribution in [0.1, 0.15) is 5.69 Å². The van der Waals surface area contributed by atoms with Crippen molar-refractivity contribution >= 4 is 33.7 Å². The van der Waals surface area contributed by atoms with E-state index in [9.17, 15) is 4.79 Å². The molecule has 0 saturated heterocycles. The average molecular weight is 437 g/mol. The van der Waals surface area contributed by atoms with E-state index in [0.29, 0.717) is 52.6 Å². The molecule has 0 aliphatic heterocycles. The average Bonchev–Trinajstić information content (AvgIpc) is 2.79. The molecule has 2 N–H and O–H groups in total. The van der Waals surface area contributed by atoms with Crippen LogP contribution in [0.5, 0.6) is 17.2 Å². The fourth-order valence-corrected chi connectivity index (χ4v) is 3.31. The van der Waals surface area contributed by atoms with E-state index < -0.39 is 0 Å². The van der Waals surface area contributed by atoms with Crippen LogP contribution in [0.4, 0.5) is 11.9 Å². The topological polar surface area (TPSA) is 120 Å². The minimum atomic E-state index is -0.303. The summed E-state index contributed by atoms with van der Waals surface area (Å²) in [6.45, 7) is 2.63. The highest BCUT2D eigenvalue weighted by Crippen LogP contribution is 2.32. The van der Waals surface area contributed by atoms with Crippen LogP contribution in [0.15, 0.2) is 35.1 Å². The Bertz CT molecular complexity index is 1340. The number of ether oxygens (including phenoxy) is 4. The van der Waals surface area contributed by atoms with Crippen molar-refractivity contribution in [3.63, 3.8) is 0 Å². The van der Waals surface area contributed by atoms with Gasteiger partial charge in [0.25, 0.3) is 5.56 Å². The van der Waals surface area contributed by atoms with Gasteiger partial charge in [0.1, 0.15) is 34.9 Å². The molecule has 2 aromatic heterocycles. The second-order valence-corrected chi connectivity index (χ2v) is 6.89. The van der Waals surface area contributed by atoms with Gasteiger partial charge in [-0.3, -0.25) is 15.1 Å². The van der Waals surface area contributed by atoms with Crippen molar-refractivity contribution in [2.75, 3.05) is 39.9 Å². The Labute approximate surface area is 183 Å². The van der Waals surface area contributed by atoms with Crippen LogP contribution in [0.3, 0.4) is 0 Å². The summed E-state index contributed by atoms with van der Waals surface area (Å²) in [6.07, 6.45) is 0. The molecule has 166 valence electrons. The summed E-state index contributed by atoms with van der Waals surface area (Å²) in [7, 11) is 4.72. The Morgan fingerprint density at radius 3 is 2.50 bits per heavy atom. The zero-order valence-electron chi connectivity index (χ0n) is 18.2. The summed E-state index contributed by atoms with van der Waals surface area (Å²) >= 11 is 0. The van der Waals surface area contributed by atoms with Gasteiger partial charge >= 0.3 is 0 Å². The molecule has 0 atom stereocenters. The Balaban J connectivity index is 1.78. The molecule has 0 unspecified atom stereocenters. The molecule has 2 aromatic carbocycles. The molecule has 0 spiro atoms. The summed E-state index contributed by atoms with van der Waals surface area (Å²) in [5.74, 6) is 2.11. The maximum Gasteiger partial charge on any atom is 0.260 e. The number of nitrogens with zero attached hydrogens (tertiary/aromatic N) is 3. The van der Waals surface area contributed by atoms with Crippen LogP contribution >= 0.6 is 0 Å². The first kappa shape index (κ1) is 21.3. The molecule has 0 saturated carbocycles. The second kappa shape index (κ2) is 9.06. The molecule has 32 heavy (non-hydrogen) atoms. The number of anilines is 2. The minimum Gasteiger partial charge on any atom is -0.497 e. The van der Waals surface area contributed by atoms with Crippen molar-refractivity contribution in [2.24, 2.45) is 0 Å². The minimum absolute atomic E-state index is 0.195. The number of hydrogen-bond donors (Lipinski definition) is 2. The largest absolute Gasteiger partial charge is 0.497 e. The smallest absolute Gasteiger partial charge is 0.260 e. The predicted molar refractivity (Wildman–Crippen MR) is 120 cm³/mol. The standard InChI is InChI=1S/C22H23N5O5/c1-12-15-10-13(30-3)11-17(32-9-8-29-2)19(15)25-21(23-12)27-22-24-18-14(20(28)26-22)6-5-7-16(18)31-4/h5-7,10-11H,8-9H2,1-4H3,(H2,23,24,25,26,27,28). The number of benzene rings is 2. The van der Waals surface area contributed by atoms with Gasteiger partial charge in [-0.1, -0.05) is 6.07 Å². The van der Waals surface area contributed by atoms with Gasteiger partial charge < -0.3 is 18.9 Å². The summed E-state index contributed by atoms with van der Waals surface area (Å²) in [6, 6.07) is 8.77. The van der Waals surface area contributed by atoms with Crippen LogP contribution in [0.2, 0.25) is 0 Å². The summed E-state index contributed by atoms with van der Waals surface area (Å²) in [5.41, 5.74) is 1.43. The number of para-hydroxylation sites is 1. The van der Waals surface area contributed by atoms with E-state index >= 15 is 0 Å². The highest BCUT2D eigenvalue weighted by molar-refractivity contribution is 5.89. The summed E-state index contributed by atoms with van der Waals surface area (Å²) in [5, 5.41) is 4.19. The maximum absolute atomic E-state index is 12.5. The quantitative estimate of drug-likeness (QED) is 0.401. The highest BCUT2D eigenvalue weighted by atomic mass is 16.5. The highest BCUT2D eigenvalue weighted by Gasteiger charge is 2.14. The lowest BCUT2D eigenvalue weighted by molar-refractivity contribution is 0.147. The number of fused-ring (bicyclic) bond motifs is 2. The fraction of sp³-hybridized carbons (Fsp3) is 0.273. The van der Waals surface area contributed by atoms with E-state index in [1.165, 1.54) is 7.11 Å². The van der Waals surface area contributed by atoms with Crippen LogP contribution in [0.25, 0.3) is 21.8 Å². The first-order valence-corrected chi connectivity index (χ1v) is 9.86. The zero-order valence-corrected chi connectivity index (χ0v) is 18.2. The molecule has 0 aliphatic rings. The molecular formula is C22H23N5O5. The molecule has 0 amide bonds. The number of aryl methyl sites for hydroxylation is 1. The monoisotopic (exact) mass is 437 g/mol. The number of methoxy groups -OCH3 is 3. The van der Waals surface area contributed by atoms with Crippen LogP contribution in [0, 0.1) is 6.92 Å². The third-order valence-electron chi connectivity index (χ3n) is 4.86. The molecule has 0 aliphatic carbocycles. The Kier molecular flexibility index (Phi) is 6.04. The Hall–Kier alpha value is -3.92. The van der Waals surface area contributed by atoms with Crippen molar-refractivity contribution in [1.29, 1.82) is 0 Å². The number of nitrogens with one attached hydrogen (secondary N) is 2. The lowest BCUT2D eigenvalue weighted by atomic mass is 10.1. The first-order chi connectivity index (χ1) is 15.5. The summed E-state index contributed by atoms with van der Waals surface area (Å²) in [4.78, 5) is 28.8. The number of hydrogen-bond acceptors (Lipinski definition) is 9. The Morgan fingerprint density at radius 1 is 0.938 bits per heavy atom. The van der Waals surface area contributed by atoms with E-state index in [-0.39, 0.29) is 17.5 Å². The third kappa shape index (κ3) is 4.12. The van der Waals surface area contributed by atoms with E-state index in [2.05, 4.69) is 25.3 Å². The molecule has 0 bridgehead atoms. The lowest BCUT2D eigenvalue weighted by Crippen LogP contribution is -2.13. The van der Waals surface area contributed by atoms with Crippen LogP contribution in [-0.4, -0.2) is 54.5 Å². The van der Waals surface area contributed by atoms with Crippen LogP contribution < -0.4 is 25.1 Å². The van der Waals surface area contributed by atoms with E-state index in [4.69, 9.17) is 18.9 Å². The summed E-state index contributed by atoms with van der Waals surface area (Å²) < 4.78 is 21.6. The van der Waals surface area contributed by atoms with Gasteiger partial charge in [0, 0.05) is 18.6 Å². The maximum atomic E-state index is 12.5. The molecule has 2 heterocycles. The van der Waals surface area contributed by atoms with Gasteiger partial charge in [0.2, 0.25) is 11.9 Å². The van der Waals surface area contributed by atoms with E-state index in [1.54, 1.807) is 38.5 Å². The van der Waals surface area contributed by atoms with Gasteiger partial charge in [-0.15, -0.1) is 0 Å². The van der Waals surface area contributed by atoms with Crippen molar-refractivity contribution in [1.82, 2.24) is 19.9 Å². The Morgan fingerprint density at radius 2 is 1.75 bits per heavy atom. The van der Waals surface area contributed by atoms with E-state index in [1.807, 2.05) is 13.0 Å². The zero-order chi connectivity index (χ0) is 22.7. The van der Waals surface area contributed by atoms with Crippen LogP contribution in [-0.2, 0) is 4.74 Å². The molecule has 4 rings (SSSR count). The van der Waals surface area contributed by atoms with Crippen molar-refractivity contribution in [3.8, 4) is 17.2 Å². The predicted octanol–water partition coefficient (Wildman–Crippen LogP) is 2.96. The molecular weight excluding hydrogens is 414 g/mol. The van der Waals surface area contributed by atoms with Gasteiger partial charge in [-0.25, -0.2) is 15.0 Å². The van der Waals surface area contributed by atoms with Gasteiger partial charge in [0.15, 0.2) is 0 Å². The van der Waals surface area contributed by atoms with Gasteiger partial charge in [0.05, 0.1) is 31.9 Å². The lowest BCUT2D eigenvalue weighted by Gasteiger charge is -2.13. The number of H-pyrrole nitrogens is 1. The van der Waals surface area contributed by atoms with Crippen molar-refractivity contribution < 1.29 is 18.9 Å².